The molecule has 0 saturated carbocycles. The van der Waals surface area contributed by atoms with E-state index < -0.39 is 6.10 Å². The summed E-state index contributed by atoms with van der Waals surface area (Å²) in [5, 5.41) is 10.8. The predicted octanol–water partition coefficient (Wildman–Crippen LogP) is 3.28. The number of ether oxygens (including phenoxy) is 1. The number of aliphatic hydroxyl groups excluding tert-OH is 1. The zero-order valence-corrected chi connectivity index (χ0v) is 13.9. The van der Waals surface area contributed by atoms with Crippen LogP contribution >= 0.6 is 0 Å². The van der Waals surface area contributed by atoms with Crippen LogP contribution in [0.3, 0.4) is 0 Å². The third-order valence-electron chi connectivity index (χ3n) is 4.67. The Morgan fingerprint density at radius 2 is 1.88 bits per heavy atom. The standard InChI is InChI=1S/C20H23NO3/c1-24-18-12-6-5-11-17(18)19(22)16-10-7-13-21(14-16)20(23)15-8-3-2-4-9-15/h2-6,8-9,11-12,16,19,22H,7,10,13-14H2,1H3/t16?,19-/m1/s1. The summed E-state index contributed by atoms with van der Waals surface area (Å²) >= 11 is 0. The quantitative estimate of drug-likeness (QED) is 0.938. The van der Waals surface area contributed by atoms with Gasteiger partial charge in [-0.25, -0.2) is 0 Å². The molecule has 4 nitrogen and oxygen atoms in total. The molecule has 2 aromatic rings. The van der Waals surface area contributed by atoms with Crippen LogP contribution in [0.5, 0.6) is 5.75 Å². The fraction of sp³-hybridized carbons (Fsp3) is 0.350. The van der Waals surface area contributed by atoms with E-state index in [1.54, 1.807) is 7.11 Å². The van der Waals surface area contributed by atoms with Gasteiger partial charge in [-0.1, -0.05) is 36.4 Å². The molecule has 1 saturated heterocycles. The van der Waals surface area contributed by atoms with Crippen molar-refractivity contribution in [3.63, 3.8) is 0 Å². The number of hydrogen-bond donors (Lipinski definition) is 1. The van der Waals surface area contributed by atoms with Crippen molar-refractivity contribution in [1.29, 1.82) is 0 Å². The maximum atomic E-state index is 12.6. The third-order valence-corrected chi connectivity index (χ3v) is 4.67. The van der Waals surface area contributed by atoms with Crippen molar-refractivity contribution < 1.29 is 14.6 Å². The molecule has 3 rings (SSSR count). The smallest absolute Gasteiger partial charge is 0.253 e. The number of methoxy groups -OCH3 is 1. The van der Waals surface area contributed by atoms with E-state index in [9.17, 15) is 9.90 Å². The maximum absolute atomic E-state index is 12.6. The summed E-state index contributed by atoms with van der Waals surface area (Å²) in [6, 6.07) is 16.9. The molecule has 1 N–H and O–H groups in total. The molecule has 1 fully saturated rings. The van der Waals surface area contributed by atoms with E-state index in [1.807, 2.05) is 59.5 Å². The second-order valence-electron chi connectivity index (χ2n) is 6.21. The zero-order chi connectivity index (χ0) is 16.9. The van der Waals surface area contributed by atoms with E-state index in [0.29, 0.717) is 17.9 Å². The van der Waals surface area contributed by atoms with Crippen molar-refractivity contribution >= 4 is 5.91 Å². The van der Waals surface area contributed by atoms with Gasteiger partial charge in [-0.3, -0.25) is 4.79 Å². The molecule has 1 heterocycles. The summed E-state index contributed by atoms with van der Waals surface area (Å²) in [5.41, 5.74) is 1.49. The summed E-state index contributed by atoms with van der Waals surface area (Å²) < 4.78 is 5.36. The first kappa shape index (κ1) is 16.5. The highest BCUT2D eigenvalue weighted by Gasteiger charge is 2.30. The minimum absolute atomic E-state index is 0.0164. The van der Waals surface area contributed by atoms with E-state index in [0.717, 1.165) is 24.9 Å². The fourth-order valence-electron chi connectivity index (χ4n) is 3.38. The van der Waals surface area contributed by atoms with Crippen LogP contribution in [-0.2, 0) is 0 Å². The number of carbonyl (C=O) groups excluding carboxylic acids is 1. The number of carbonyl (C=O) groups is 1. The average molecular weight is 325 g/mol. The van der Waals surface area contributed by atoms with Crippen molar-refractivity contribution in [2.75, 3.05) is 20.2 Å². The highest BCUT2D eigenvalue weighted by Crippen LogP contribution is 2.34. The van der Waals surface area contributed by atoms with Crippen LogP contribution in [0.4, 0.5) is 0 Å². The van der Waals surface area contributed by atoms with Crippen molar-refractivity contribution in [3.8, 4) is 5.75 Å². The lowest BCUT2D eigenvalue weighted by molar-refractivity contribution is 0.0393. The van der Waals surface area contributed by atoms with Gasteiger partial charge in [-0.05, 0) is 31.0 Å². The monoisotopic (exact) mass is 325 g/mol. The fourth-order valence-corrected chi connectivity index (χ4v) is 3.38. The molecule has 0 aromatic heterocycles. The number of aliphatic hydroxyl groups is 1. The molecular weight excluding hydrogens is 302 g/mol. The zero-order valence-electron chi connectivity index (χ0n) is 13.9. The molecule has 1 unspecified atom stereocenters. The molecule has 0 radical (unpaired) electrons. The SMILES string of the molecule is COc1ccccc1[C@H](O)C1CCCN(C(=O)c2ccccc2)C1. The molecule has 1 aliphatic heterocycles. The van der Waals surface area contributed by atoms with Crippen LogP contribution in [0.15, 0.2) is 54.6 Å². The van der Waals surface area contributed by atoms with E-state index in [-0.39, 0.29) is 11.8 Å². The molecular formula is C20H23NO3. The summed E-state index contributed by atoms with van der Waals surface area (Å²) in [6.45, 7) is 1.30. The minimum Gasteiger partial charge on any atom is -0.496 e. The second kappa shape index (κ2) is 7.49. The molecule has 0 spiro atoms. The van der Waals surface area contributed by atoms with Gasteiger partial charge in [0.2, 0.25) is 0 Å². The molecule has 2 aromatic carbocycles. The Hall–Kier alpha value is -2.33. The number of nitrogens with zero attached hydrogens (tertiary/aromatic N) is 1. The van der Waals surface area contributed by atoms with Crippen LogP contribution in [0.25, 0.3) is 0 Å². The van der Waals surface area contributed by atoms with Gasteiger partial charge >= 0.3 is 0 Å². The topological polar surface area (TPSA) is 49.8 Å². The summed E-state index contributed by atoms with van der Waals surface area (Å²) in [6.07, 6.45) is 1.17. The van der Waals surface area contributed by atoms with Crippen molar-refractivity contribution in [2.45, 2.75) is 18.9 Å². The van der Waals surface area contributed by atoms with E-state index in [4.69, 9.17) is 4.74 Å². The van der Waals surface area contributed by atoms with Gasteiger partial charge in [0.15, 0.2) is 0 Å². The van der Waals surface area contributed by atoms with Crippen molar-refractivity contribution in [1.82, 2.24) is 4.90 Å². The number of benzene rings is 2. The Kier molecular flexibility index (Phi) is 5.16. The Balaban J connectivity index is 1.74. The van der Waals surface area contributed by atoms with Crippen molar-refractivity contribution in [3.05, 3.63) is 65.7 Å². The number of rotatable bonds is 4. The Bertz CT molecular complexity index is 686. The second-order valence-corrected chi connectivity index (χ2v) is 6.21. The van der Waals surface area contributed by atoms with Gasteiger partial charge in [0.05, 0.1) is 13.2 Å². The van der Waals surface area contributed by atoms with Crippen LogP contribution in [0.1, 0.15) is 34.9 Å². The van der Waals surface area contributed by atoms with Gasteiger partial charge in [0, 0.05) is 30.1 Å². The molecule has 4 heteroatoms. The van der Waals surface area contributed by atoms with E-state index in [2.05, 4.69) is 0 Å². The molecule has 2 atom stereocenters. The number of piperidine rings is 1. The van der Waals surface area contributed by atoms with Crippen molar-refractivity contribution in [2.24, 2.45) is 5.92 Å². The molecule has 1 aliphatic rings. The summed E-state index contributed by atoms with van der Waals surface area (Å²) in [5.74, 6) is 0.742. The number of likely N-dealkylation sites (tertiary alicyclic amines) is 1. The molecule has 1 amide bonds. The molecule has 0 aliphatic carbocycles. The molecule has 24 heavy (non-hydrogen) atoms. The lowest BCUT2D eigenvalue weighted by atomic mass is 9.88. The van der Waals surface area contributed by atoms with Gasteiger partial charge in [-0.2, -0.15) is 0 Å². The van der Waals surface area contributed by atoms with E-state index in [1.165, 1.54) is 0 Å². The highest BCUT2D eigenvalue weighted by molar-refractivity contribution is 5.94. The third kappa shape index (κ3) is 3.44. The Labute approximate surface area is 142 Å². The molecule has 126 valence electrons. The summed E-state index contributed by atoms with van der Waals surface area (Å²) in [4.78, 5) is 14.5. The van der Waals surface area contributed by atoms with Crippen LogP contribution in [0, 0.1) is 5.92 Å². The Morgan fingerprint density at radius 3 is 2.62 bits per heavy atom. The van der Waals surface area contributed by atoms with Crippen LogP contribution < -0.4 is 4.74 Å². The Morgan fingerprint density at radius 1 is 1.17 bits per heavy atom. The van der Waals surface area contributed by atoms with Crippen LogP contribution in [-0.4, -0.2) is 36.1 Å². The minimum atomic E-state index is -0.632. The van der Waals surface area contributed by atoms with Gasteiger partial charge < -0.3 is 14.7 Å². The first-order valence-electron chi connectivity index (χ1n) is 8.36. The molecule has 0 bridgehead atoms. The highest BCUT2D eigenvalue weighted by atomic mass is 16.5. The van der Waals surface area contributed by atoms with Gasteiger partial charge in [0.25, 0.3) is 5.91 Å². The summed E-state index contributed by atoms with van der Waals surface area (Å²) in [7, 11) is 1.61. The van der Waals surface area contributed by atoms with E-state index >= 15 is 0 Å². The number of hydrogen-bond acceptors (Lipinski definition) is 3. The maximum Gasteiger partial charge on any atom is 0.253 e. The lowest BCUT2D eigenvalue weighted by Gasteiger charge is -2.35. The largest absolute Gasteiger partial charge is 0.496 e. The average Bonchev–Trinajstić information content (AvgIpc) is 2.67. The normalized spacial score (nSPS) is 18.9. The lowest BCUT2D eigenvalue weighted by Crippen LogP contribution is -2.41. The number of amides is 1. The van der Waals surface area contributed by atoms with Gasteiger partial charge in [0.1, 0.15) is 5.75 Å². The van der Waals surface area contributed by atoms with Crippen LogP contribution in [0.2, 0.25) is 0 Å². The predicted molar refractivity (Wildman–Crippen MR) is 93.0 cm³/mol. The first-order valence-corrected chi connectivity index (χ1v) is 8.36. The first-order chi connectivity index (χ1) is 11.7. The van der Waals surface area contributed by atoms with Gasteiger partial charge in [-0.15, -0.1) is 0 Å². The number of para-hydroxylation sites is 1.